The van der Waals surface area contributed by atoms with Gasteiger partial charge in [0.15, 0.2) is 5.60 Å². The number of pyridine rings is 1. The molecule has 5 N–H and O–H groups in total. The summed E-state index contributed by atoms with van der Waals surface area (Å²) in [5.41, 5.74) is 4.82. The first-order chi connectivity index (χ1) is 13.1. The van der Waals surface area contributed by atoms with E-state index in [-0.39, 0.29) is 24.2 Å². The molecule has 0 aromatic carbocycles. The van der Waals surface area contributed by atoms with E-state index in [4.69, 9.17) is 5.73 Å². The zero-order chi connectivity index (χ0) is 20.9. The highest BCUT2D eigenvalue weighted by Crippen LogP contribution is 2.29. The van der Waals surface area contributed by atoms with Crippen LogP contribution in [0.15, 0.2) is 18.3 Å². The molecule has 156 valence electrons. The third kappa shape index (κ3) is 5.75. The molecule has 0 bridgehead atoms. The van der Waals surface area contributed by atoms with E-state index in [9.17, 15) is 19.8 Å². The van der Waals surface area contributed by atoms with E-state index in [0.717, 1.165) is 25.7 Å². The van der Waals surface area contributed by atoms with E-state index in [1.807, 2.05) is 13.8 Å². The summed E-state index contributed by atoms with van der Waals surface area (Å²) < 4.78 is 0. The van der Waals surface area contributed by atoms with Crippen LogP contribution in [0, 0.1) is 17.8 Å². The lowest BCUT2D eigenvalue weighted by atomic mass is 9.82. The second kappa shape index (κ2) is 9.47. The highest BCUT2D eigenvalue weighted by atomic mass is 16.4. The van der Waals surface area contributed by atoms with Crippen LogP contribution in [-0.4, -0.2) is 38.7 Å². The van der Waals surface area contributed by atoms with Crippen molar-refractivity contribution < 1.29 is 19.8 Å². The highest BCUT2D eigenvalue weighted by Gasteiger charge is 2.43. The van der Waals surface area contributed by atoms with Gasteiger partial charge in [-0.15, -0.1) is 0 Å². The van der Waals surface area contributed by atoms with Crippen molar-refractivity contribution in [3.63, 3.8) is 0 Å². The number of anilines is 1. The predicted molar refractivity (Wildman–Crippen MR) is 108 cm³/mol. The Morgan fingerprint density at radius 3 is 2.54 bits per heavy atom. The SMILES string of the molecule is CC(C)C[C@H](N)[C@](O)(Cc1cc(NC(=O)[C@H]2CC[C@H](C)CC2)ccn1)C(=O)O. The number of nitrogens with one attached hydrogen (secondary N) is 1. The maximum atomic E-state index is 12.5. The Hall–Kier alpha value is -1.99. The van der Waals surface area contributed by atoms with Crippen molar-refractivity contribution in [1.82, 2.24) is 4.98 Å². The van der Waals surface area contributed by atoms with Crippen LogP contribution in [0.25, 0.3) is 0 Å². The third-order valence-electron chi connectivity index (χ3n) is 5.63. The highest BCUT2D eigenvalue weighted by molar-refractivity contribution is 5.92. The third-order valence-corrected chi connectivity index (χ3v) is 5.63. The standard InChI is InChI=1S/C21H33N3O4/c1-13(2)10-18(22)21(28,20(26)27)12-17-11-16(8-9-23-17)24-19(25)15-6-4-14(3)5-7-15/h8-9,11,13-15,18,28H,4-7,10,12,22H2,1-3H3,(H,26,27)(H,23,24,25)/t14-,15-,18-,21+/m0/s1. The Bertz CT molecular complexity index is 686. The fourth-order valence-electron chi connectivity index (χ4n) is 3.76. The topological polar surface area (TPSA) is 126 Å². The first-order valence-electron chi connectivity index (χ1n) is 10.1. The van der Waals surface area contributed by atoms with Crippen LogP contribution in [0.1, 0.15) is 58.6 Å². The Kier molecular flexibility index (Phi) is 7.55. The monoisotopic (exact) mass is 391 g/mol. The number of carboxylic acids is 1. The first kappa shape index (κ1) is 22.3. The minimum absolute atomic E-state index is 0.00299. The van der Waals surface area contributed by atoms with Crippen LogP contribution in [0.2, 0.25) is 0 Å². The van der Waals surface area contributed by atoms with E-state index in [0.29, 0.717) is 23.7 Å². The quantitative estimate of drug-likeness (QED) is 0.540. The van der Waals surface area contributed by atoms with Gasteiger partial charge in [0.2, 0.25) is 5.91 Å². The molecule has 1 aromatic heterocycles. The second-order valence-corrected chi connectivity index (χ2v) is 8.62. The largest absolute Gasteiger partial charge is 0.479 e. The van der Waals surface area contributed by atoms with Crippen LogP contribution < -0.4 is 11.1 Å². The summed E-state index contributed by atoms with van der Waals surface area (Å²) >= 11 is 0. The fourth-order valence-corrected chi connectivity index (χ4v) is 3.76. The molecule has 28 heavy (non-hydrogen) atoms. The molecule has 0 unspecified atom stereocenters. The van der Waals surface area contributed by atoms with Gasteiger partial charge in [0.05, 0.1) is 0 Å². The van der Waals surface area contributed by atoms with Crippen molar-refractivity contribution in [3.05, 3.63) is 24.0 Å². The summed E-state index contributed by atoms with van der Waals surface area (Å²) in [4.78, 5) is 28.4. The normalized spacial score (nSPS) is 23.1. The molecule has 1 fully saturated rings. The summed E-state index contributed by atoms with van der Waals surface area (Å²) in [6.45, 7) is 6.04. The summed E-state index contributed by atoms with van der Waals surface area (Å²) in [7, 11) is 0. The van der Waals surface area contributed by atoms with Crippen LogP contribution in [0.4, 0.5) is 5.69 Å². The van der Waals surface area contributed by atoms with Gasteiger partial charge in [0.1, 0.15) is 0 Å². The average molecular weight is 392 g/mol. The molecule has 1 aliphatic rings. The first-order valence-corrected chi connectivity index (χ1v) is 10.1. The van der Waals surface area contributed by atoms with Crippen LogP contribution in [0.5, 0.6) is 0 Å². The van der Waals surface area contributed by atoms with Gasteiger partial charge in [0, 0.05) is 36.0 Å². The van der Waals surface area contributed by atoms with Gasteiger partial charge in [0.25, 0.3) is 0 Å². The number of carboxylic acid groups (broad SMARTS) is 1. The van der Waals surface area contributed by atoms with Gasteiger partial charge < -0.3 is 21.3 Å². The zero-order valence-corrected chi connectivity index (χ0v) is 17.0. The van der Waals surface area contributed by atoms with Crippen molar-refractivity contribution in [2.45, 2.75) is 70.9 Å². The number of nitrogens with two attached hydrogens (primary N) is 1. The van der Waals surface area contributed by atoms with E-state index in [1.165, 1.54) is 6.20 Å². The van der Waals surface area contributed by atoms with E-state index >= 15 is 0 Å². The summed E-state index contributed by atoms with van der Waals surface area (Å²) in [6, 6.07) is 2.36. The van der Waals surface area contributed by atoms with Gasteiger partial charge in [-0.2, -0.15) is 0 Å². The minimum atomic E-state index is -2.11. The van der Waals surface area contributed by atoms with Gasteiger partial charge in [-0.25, -0.2) is 4.79 Å². The van der Waals surface area contributed by atoms with Crippen molar-refractivity contribution in [3.8, 4) is 0 Å². The molecule has 0 aliphatic heterocycles. The lowest BCUT2D eigenvalue weighted by Gasteiger charge is -2.30. The Labute approximate surface area is 166 Å². The molecule has 1 amide bonds. The Morgan fingerprint density at radius 2 is 1.96 bits per heavy atom. The van der Waals surface area contributed by atoms with Crippen LogP contribution in [0.3, 0.4) is 0 Å². The molecule has 7 nitrogen and oxygen atoms in total. The number of aliphatic carboxylic acids is 1. The second-order valence-electron chi connectivity index (χ2n) is 8.62. The van der Waals surface area contributed by atoms with Crippen molar-refractivity contribution in [1.29, 1.82) is 0 Å². The number of aliphatic hydroxyl groups is 1. The summed E-state index contributed by atoms with van der Waals surface area (Å²) in [5, 5.41) is 23.2. The number of rotatable bonds is 8. The fraction of sp³-hybridized carbons (Fsp3) is 0.667. The molecule has 1 aromatic rings. The lowest BCUT2D eigenvalue weighted by molar-refractivity contribution is -0.161. The summed E-state index contributed by atoms with van der Waals surface area (Å²) in [5.74, 6) is -0.566. The average Bonchev–Trinajstić information content (AvgIpc) is 2.61. The van der Waals surface area contributed by atoms with Gasteiger partial charge in [-0.3, -0.25) is 9.78 Å². The molecule has 1 heterocycles. The van der Waals surface area contributed by atoms with Gasteiger partial charge in [-0.05, 0) is 56.1 Å². The van der Waals surface area contributed by atoms with E-state index in [1.54, 1.807) is 12.1 Å². The molecular weight excluding hydrogens is 358 g/mol. The smallest absolute Gasteiger partial charge is 0.337 e. The van der Waals surface area contributed by atoms with Gasteiger partial charge in [-0.1, -0.05) is 20.8 Å². The molecule has 2 atom stereocenters. The Morgan fingerprint density at radius 1 is 1.32 bits per heavy atom. The van der Waals surface area contributed by atoms with Crippen molar-refractivity contribution >= 4 is 17.6 Å². The number of aromatic nitrogens is 1. The maximum absolute atomic E-state index is 12.5. The lowest BCUT2D eigenvalue weighted by Crippen LogP contribution is -2.56. The molecule has 0 radical (unpaired) electrons. The molecule has 0 spiro atoms. The molecule has 1 saturated carbocycles. The number of carbonyl (C=O) groups excluding carboxylic acids is 1. The van der Waals surface area contributed by atoms with Crippen LogP contribution in [-0.2, 0) is 16.0 Å². The Balaban J connectivity index is 2.08. The number of hydrogen-bond acceptors (Lipinski definition) is 5. The van der Waals surface area contributed by atoms with Crippen molar-refractivity contribution in [2.24, 2.45) is 23.5 Å². The van der Waals surface area contributed by atoms with Gasteiger partial charge >= 0.3 is 5.97 Å². The number of hydrogen-bond donors (Lipinski definition) is 4. The molecule has 7 heteroatoms. The van der Waals surface area contributed by atoms with E-state index in [2.05, 4.69) is 17.2 Å². The molecular formula is C21H33N3O4. The van der Waals surface area contributed by atoms with Crippen LogP contribution >= 0.6 is 0 Å². The van der Waals surface area contributed by atoms with Crippen molar-refractivity contribution in [2.75, 3.05) is 5.32 Å². The minimum Gasteiger partial charge on any atom is -0.479 e. The number of carbonyl (C=O) groups is 2. The zero-order valence-electron chi connectivity index (χ0n) is 17.0. The molecule has 2 rings (SSSR count). The maximum Gasteiger partial charge on any atom is 0.337 e. The molecule has 0 saturated heterocycles. The predicted octanol–water partition coefficient (Wildman–Crippen LogP) is 2.58. The number of nitrogens with zero attached hydrogens (tertiary/aromatic N) is 1. The number of amides is 1. The van der Waals surface area contributed by atoms with E-state index < -0.39 is 17.6 Å². The summed E-state index contributed by atoms with van der Waals surface area (Å²) in [6.07, 6.45) is 5.53. The molecule has 1 aliphatic carbocycles.